The number of halogens is 2. The molecule has 0 saturated heterocycles. The fourth-order valence-corrected chi connectivity index (χ4v) is 5.08. The van der Waals surface area contributed by atoms with Crippen LogP contribution in [0.5, 0.6) is 0 Å². The van der Waals surface area contributed by atoms with Gasteiger partial charge in [-0.15, -0.1) is 0 Å². The molecular formula is C26H28Cl2N4O5S. The van der Waals surface area contributed by atoms with Crippen LogP contribution in [0.1, 0.15) is 36.5 Å². The third kappa shape index (κ3) is 8.16. The summed E-state index contributed by atoms with van der Waals surface area (Å²) in [5, 5.41) is 6.99. The van der Waals surface area contributed by atoms with Gasteiger partial charge in [0.25, 0.3) is 0 Å². The molecule has 0 atom stereocenters. The molecule has 1 aromatic heterocycles. The summed E-state index contributed by atoms with van der Waals surface area (Å²) < 4.78 is 34.0. The van der Waals surface area contributed by atoms with Crippen molar-refractivity contribution in [2.24, 2.45) is 11.0 Å². The Morgan fingerprint density at radius 2 is 1.74 bits per heavy atom. The number of nitrogens with zero attached hydrogens (tertiary/aromatic N) is 2. The molecule has 2 amide bonds. The Labute approximate surface area is 231 Å². The first-order valence-corrected chi connectivity index (χ1v) is 13.9. The Balaban J connectivity index is 1.77. The fourth-order valence-electron chi connectivity index (χ4n) is 3.23. The SMILES string of the molecule is Cc1ccc(S(=O)(=O)N(Cc2ccc(/C=N/NC(=O)C(=O)NCC(C)C)o2)Cc2ccc(Cl)cc2Cl)cc1. The molecule has 38 heavy (non-hydrogen) atoms. The Morgan fingerprint density at radius 3 is 2.39 bits per heavy atom. The van der Waals surface area contributed by atoms with Crippen LogP contribution in [0.25, 0.3) is 0 Å². The zero-order valence-corrected chi connectivity index (χ0v) is 23.4. The first-order chi connectivity index (χ1) is 18.0. The molecule has 3 aromatic rings. The summed E-state index contributed by atoms with van der Waals surface area (Å²) in [7, 11) is -3.93. The maximum absolute atomic E-state index is 13.5. The number of amides is 2. The van der Waals surface area contributed by atoms with Crippen LogP contribution < -0.4 is 10.7 Å². The molecule has 0 spiro atoms. The molecule has 12 heteroatoms. The molecule has 0 saturated carbocycles. The van der Waals surface area contributed by atoms with E-state index >= 15 is 0 Å². The Morgan fingerprint density at radius 1 is 1.03 bits per heavy atom. The van der Waals surface area contributed by atoms with Crippen molar-refractivity contribution in [3.63, 3.8) is 0 Å². The smallest absolute Gasteiger partial charge is 0.329 e. The number of hydrogen-bond acceptors (Lipinski definition) is 6. The van der Waals surface area contributed by atoms with Crippen LogP contribution in [-0.2, 0) is 32.7 Å². The number of hydrogen-bond donors (Lipinski definition) is 2. The highest BCUT2D eigenvalue weighted by Gasteiger charge is 2.27. The second-order valence-corrected chi connectivity index (χ2v) is 11.7. The first-order valence-electron chi connectivity index (χ1n) is 11.7. The number of carbonyl (C=O) groups is 2. The molecule has 9 nitrogen and oxygen atoms in total. The van der Waals surface area contributed by atoms with Crippen LogP contribution in [0.4, 0.5) is 0 Å². The molecule has 1 heterocycles. The zero-order valence-electron chi connectivity index (χ0n) is 21.1. The fraction of sp³-hybridized carbons (Fsp3) is 0.269. The molecule has 2 aromatic carbocycles. The summed E-state index contributed by atoms with van der Waals surface area (Å²) in [6.07, 6.45) is 1.21. The van der Waals surface area contributed by atoms with E-state index in [0.717, 1.165) is 5.56 Å². The predicted molar refractivity (Wildman–Crippen MR) is 146 cm³/mol. The van der Waals surface area contributed by atoms with Crippen molar-refractivity contribution in [1.82, 2.24) is 15.0 Å². The van der Waals surface area contributed by atoms with Gasteiger partial charge in [-0.3, -0.25) is 9.59 Å². The van der Waals surface area contributed by atoms with Crippen LogP contribution in [-0.4, -0.2) is 37.3 Å². The molecule has 3 rings (SSSR count). The number of hydrazone groups is 1. The quantitative estimate of drug-likeness (QED) is 0.208. The van der Waals surface area contributed by atoms with Gasteiger partial charge in [-0.1, -0.05) is 60.8 Å². The minimum Gasteiger partial charge on any atom is -0.459 e. The predicted octanol–water partition coefficient (Wildman–Crippen LogP) is 4.51. The van der Waals surface area contributed by atoms with E-state index in [9.17, 15) is 18.0 Å². The van der Waals surface area contributed by atoms with E-state index in [0.29, 0.717) is 27.9 Å². The molecule has 0 aliphatic carbocycles. The van der Waals surface area contributed by atoms with Crippen molar-refractivity contribution in [3.8, 4) is 0 Å². The van der Waals surface area contributed by atoms with Crippen molar-refractivity contribution in [3.05, 3.63) is 87.3 Å². The van der Waals surface area contributed by atoms with Crippen LogP contribution in [0.15, 0.2) is 69.0 Å². The number of rotatable bonds is 10. The molecular weight excluding hydrogens is 551 g/mol. The lowest BCUT2D eigenvalue weighted by molar-refractivity contribution is -0.139. The van der Waals surface area contributed by atoms with E-state index in [1.807, 2.05) is 20.8 Å². The topological polar surface area (TPSA) is 121 Å². The molecule has 0 unspecified atom stereocenters. The third-order valence-electron chi connectivity index (χ3n) is 5.27. The minimum atomic E-state index is -3.93. The normalized spacial score (nSPS) is 11.9. The average molecular weight is 580 g/mol. The van der Waals surface area contributed by atoms with E-state index in [1.54, 1.807) is 54.6 Å². The summed E-state index contributed by atoms with van der Waals surface area (Å²) in [5.41, 5.74) is 3.62. The standard InChI is InChI=1S/C26H28Cl2N4O5S/c1-17(2)13-29-25(33)26(34)31-30-14-21-8-9-22(37-21)16-32(15-19-6-7-20(27)12-24(19)28)38(35,36)23-10-4-18(3)5-11-23/h4-12,14,17H,13,15-16H2,1-3H3,(H,29,33)(H,31,34)/b30-14+. The van der Waals surface area contributed by atoms with E-state index in [4.69, 9.17) is 27.6 Å². The second-order valence-electron chi connectivity index (χ2n) is 8.93. The van der Waals surface area contributed by atoms with Gasteiger partial charge >= 0.3 is 11.8 Å². The van der Waals surface area contributed by atoms with Gasteiger partial charge in [0.15, 0.2) is 0 Å². The lowest BCUT2D eigenvalue weighted by Gasteiger charge is -2.22. The van der Waals surface area contributed by atoms with E-state index in [2.05, 4.69) is 15.8 Å². The van der Waals surface area contributed by atoms with Gasteiger partial charge in [-0.25, -0.2) is 13.8 Å². The van der Waals surface area contributed by atoms with Gasteiger partial charge < -0.3 is 9.73 Å². The van der Waals surface area contributed by atoms with E-state index in [-0.39, 0.29) is 29.7 Å². The van der Waals surface area contributed by atoms with Crippen molar-refractivity contribution in [2.45, 2.75) is 38.8 Å². The molecule has 202 valence electrons. The van der Waals surface area contributed by atoms with Gasteiger partial charge in [0.2, 0.25) is 10.0 Å². The van der Waals surface area contributed by atoms with Gasteiger partial charge in [0, 0.05) is 23.1 Å². The van der Waals surface area contributed by atoms with Crippen LogP contribution in [0.2, 0.25) is 10.0 Å². The Bertz CT molecular complexity index is 1420. The van der Waals surface area contributed by atoms with Crippen LogP contribution >= 0.6 is 23.2 Å². The van der Waals surface area contributed by atoms with Gasteiger partial charge in [-0.05, 0) is 54.8 Å². The zero-order chi connectivity index (χ0) is 27.9. The lowest BCUT2D eigenvalue weighted by Crippen LogP contribution is -2.39. The summed E-state index contributed by atoms with van der Waals surface area (Å²) in [6, 6.07) is 14.5. The number of aryl methyl sites for hydroxylation is 1. The molecule has 0 fully saturated rings. The van der Waals surface area contributed by atoms with Crippen molar-refractivity contribution in [1.29, 1.82) is 0 Å². The number of benzene rings is 2. The Hall–Kier alpha value is -3.18. The highest BCUT2D eigenvalue weighted by molar-refractivity contribution is 7.89. The summed E-state index contributed by atoms with van der Waals surface area (Å²) >= 11 is 12.3. The average Bonchev–Trinajstić information content (AvgIpc) is 3.31. The largest absolute Gasteiger partial charge is 0.459 e. The van der Waals surface area contributed by atoms with Crippen molar-refractivity contribution in [2.75, 3.05) is 6.54 Å². The Kier molecular flexibility index (Phi) is 10.1. The molecule has 0 bridgehead atoms. The van der Waals surface area contributed by atoms with Crippen LogP contribution in [0, 0.1) is 12.8 Å². The molecule has 0 aliphatic rings. The monoisotopic (exact) mass is 578 g/mol. The minimum absolute atomic E-state index is 0.0299. The van der Waals surface area contributed by atoms with Crippen molar-refractivity contribution >= 4 is 51.3 Å². The van der Waals surface area contributed by atoms with Crippen molar-refractivity contribution < 1.29 is 22.4 Å². The number of nitrogens with one attached hydrogen (secondary N) is 2. The highest BCUT2D eigenvalue weighted by atomic mass is 35.5. The highest BCUT2D eigenvalue weighted by Crippen LogP contribution is 2.27. The number of carbonyl (C=O) groups excluding carboxylic acids is 2. The number of furan rings is 1. The number of sulfonamides is 1. The summed E-state index contributed by atoms with van der Waals surface area (Å²) in [5.74, 6) is -0.937. The first kappa shape index (κ1) is 29.4. The van der Waals surface area contributed by atoms with Crippen LogP contribution in [0.3, 0.4) is 0 Å². The lowest BCUT2D eigenvalue weighted by atomic mass is 10.2. The van der Waals surface area contributed by atoms with Gasteiger partial charge in [-0.2, -0.15) is 9.41 Å². The molecule has 0 radical (unpaired) electrons. The molecule has 2 N–H and O–H groups in total. The second kappa shape index (κ2) is 13.1. The maximum atomic E-state index is 13.5. The maximum Gasteiger partial charge on any atom is 0.329 e. The molecule has 0 aliphatic heterocycles. The van der Waals surface area contributed by atoms with E-state index in [1.165, 1.54) is 10.5 Å². The van der Waals surface area contributed by atoms with Gasteiger partial charge in [0.05, 0.1) is 17.7 Å². The van der Waals surface area contributed by atoms with E-state index < -0.39 is 21.8 Å². The van der Waals surface area contributed by atoms with Gasteiger partial charge in [0.1, 0.15) is 11.5 Å². The summed E-state index contributed by atoms with van der Waals surface area (Å²) in [6.45, 7) is 5.91. The third-order valence-corrected chi connectivity index (χ3v) is 7.66. The summed E-state index contributed by atoms with van der Waals surface area (Å²) in [4.78, 5) is 23.7.